The molecule has 2 rings (SSSR count). The van der Waals surface area contributed by atoms with Crippen LogP contribution in [0.25, 0.3) is 0 Å². The van der Waals surface area contributed by atoms with Gasteiger partial charge in [-0.15, -0.1) is 0 Å². The van der Waals surface area contributed by atoms with Crippen molar-refractivity contribution in [1.82, 2.24) is 20.4 Å². The van der Waals surface area contributed by atoms with Crippen LogP contribution in [-0.4, -0.2) is 40.3 Å². The van der Waals surface area contributed by atoms with Crippen LogP contribution in [0.2, 0.25) is 0 Å². The van der Waals surface area contributed by atoms with E-state index in [-0.39, 0.29) is 6.04 Å². The summed E-state index contributed by atoms with van der Waals surface area (Å²) in [6.07, 6.45) is -4.38. The molecule has 1 fully saturated rings. The Labute approximate surface area is 104 Å². The number of piperazine rings is 1. The fraction of sp³-hybridized carbons (Fsp3) is 0.727. The van der Waals surface area contributed by atoms with Gasteiger partial charge in [0, 0.05) is 37.4 Å². The SMILES string of the molecule is CC1NCCN(Cc2cc(C(F)(F)F)n[nH]2)C1C. The summed E-state index contributed by atoms with van der Waals surface area (Å²) in [7, 11) is 0. The van der Waals surface area contributed by atoms with E-state index < -0.39 is 11.9 Å². The maximum absolute atomic E-state index is 12.4. The van der Waals surface area contributed by atoms with Crippen LogP contribution >= 0.6 is 0 Å². The monoisotopic (exact) mass is 262 g/mol. The fourth-order valence-electron chi connectivity index (χ4n) is 2.16. The molecule has 2 N–H and O–H groups in total. The zero-order valence-corrected chi connectivity index (χ0v) is 10.4. The van der Waals surface area contributed by atoms with Crippen molar-refractivity contribution in [1.29, 1.82) is 0 Å². The van der Waals surface area contributed by atoms with Gasteiger partial charge >= 0.3 is 6.18 Å². The number of nitrogens with zero attached hydrogens (tertiary/aromatic N) is 2. The van der Waals surface area contributed by atoms with Crippen LogP contribution < -0.4 is 5.32 Å². The molecule has 1 aromatic heterocycles. The summed E-state index contributed by atoms with van der Waals surface area (Å²) in [6.45, 7) is 6.29. The molecule has 0 bridgehead atoms. The zero-order valence-electron chi connectivity index (χ0n) is 10.4. The number of aromatic amines is 1. The van der Waals surface area contributed by atoms with E-state index in [0.717, 1.165) is 19.2 Å². The normalized spacial score (nSPS) is 26.5. The molecule has 1 saturated heterocycles. The molecular weight excluding hydrogens is 245 g/mol. The van der Waals surface area contributed by atoms with E-state index in [1.165, 1.54) is 0 Å². The second kappa shape index (κ2) is 4.89. The molecule has 2 heterocycles. The zero-order chi connectivity index (χ0) is 13.3. The van der Waals surface area contributed by atoms with Gasteiger partial charge < -0.3 is 5.32 Å². The molecule has 0 amide bonds. The van der Waals surface area contributed by atoms with Crippen LogP contribution in [0.15, 0.2) is 6.07 Å². The summed E-state index contributed by atoms with van der Waals surface area (Å²) in [5.41, 5.74) is -0.350. The summed E-state index contributed by atoms with van der Waals surface area (Å²) < 4.78 is 37.2. The third-order valence-electron chi connectivity index (χ3n) is 3.46. The first-order chi connectivity index (χ1) is 8.38. The lowest BCUT2D eigenvalue weighted by molar-refractivity contribution is -0.141. The molecule has 1 aliphatic rings. The lowest BCUT2D eigenvalue weighted by atomic mass is 10.1. The predicted molar refractivity (Wildman–Crippen MR) is 60.9 cm³/mol. The molecule has 1 aromatic rings. The van der Waals surface area contributed by atoms with Gasteiger partial charge in [0.15, 0.2) is 5.69 Å². The van der Waals surface area contributed by atoms with Crippen LogP contribution in [0.4, 0.5) is 13.2 Å². The van der Waals surface area contributed by atoms with Crippen molar-refractivity contribution in [3.8, 4) is 0 Å². The highest BCUT2D eigenvalue weighted by Gasteiger charge is 2.34. The van der Waals surface area contributed by atoms with Gasteiger partial charge in [0.05, 0.1) is 0 Å². The molecule has 0 saturated carbocycles. The maximum atomic E-state index is 12.4. The van der Waals surface area contributed by atoms with Gasteiger partial charge in [-0.2, -0.15) is 18.3 Å². The van der Waals surface area contributed by atoms with E-state index in [1.807, 2.05) is 0 Å². The van der Waals surface area contributed by atoms with Gasteiger partial charge in [-0.3, -0.25) is 10.00 Å². The van der Waals surface area contributed by atoms with Crippen LogP contribution in [0.5, 0.6) is 0 Å². The molecule has 2 atom stereocenters. The average molecular weight is 262 g/mol. The Hall–Kier alpha value is -1.08. The van der Waals surface area contributed by atoms with Gasteiger partial charge in [-0.1, -0.05) is 0 Å². The third kappa shape index (κ3) is 2.84. The number of alkyl halides is 3. The highest BCUT2D eigenvalue weighted by molar-refractivity contribution is 5.11. The van der Waals surface area contributed by atoms with Crippen LogP contribution in [0, 0.1) is 0 Å². The standard InChI is InChI=1S/C11H17F3N4/c1-7-8(2)18(4-3-15-7)6-9-5-10(17-16-9)11(12,13)14/h5,7-8,15H,3-4,6H2,1-2H3,(H,16,17). The number of rotatable bonds is 2. The lowest BCUT2D eigenvalue weighted by Gasteiger charge is -2.38. The summed E-state index contributed by atoms with van der Waals surface area (Å²) in [5, 5.41) is 9.10. The number of hydrogen-bond donors (Lipinski definition) is 2. The number of nitrogens with one attached hydrogen (secondary N) is 2. The van der Waals surface area contributed by atoms with Gasteiger partial charge in [-0.25, -0.2) is 0 Å². The maximum Gasteiger partial charge on any atom is 0.435 e. The van der Waals surface area contributed by atoms with E-state index in [4.69, 9.17) is 0 Å². The van der Waals surface area contributed by atoms with Gasteiger partial charge in [-0.05, 0) is 19.9 Å². The first-order valence-corrected chi connectivity index (χ1v) is 5.97. The lowest BCUT2D eigenvalue weighted by Crippen LogP contribution is -2.54. The number of halogens is 3. The second-order valence-electron chi connectivity index (χ2n) is 4.73. The fourth-order valence-corrected chi connectivity index (χ4v) is 2.16. The minimum absolute atomic E-state index is 0.288. The minimum atomic E-state index is -4.38. The Morgan fingerprint density at radius 3 is 2.78 bits per heavy atom. The highest BCUT2D eigenvalue weighted by Crippen LogP contribution is 2.28. The second-order valence-corrected chi connectivity index (χ2v) is 4.73. The van der Waals surface area contributed by atoms with Crippen molar-refractivity contribution in [3.63, 3.8) is 0 Å². The van der Waals surface area contributed by atoms with Gasteiger partial charge in [0.1, 0.15) is 0 Å². The molecule has 0 radical (unpaired) electrons. The van der Waals surface area contributed by atoms with E-state index in [9.17, 15) is 13.2 Å². The summed E-state index contributed by atoms with van der Waals surface area (Å²) in [5.74, 6) is 0. The molecule has 0 aromatic carbocycles. The van der Waals surface area contributed by atoms with E-state index >= 15 is 0 Å². The molecule has 4 nitrogen and oxygen atoms in total. The Balaban J connectivity index is 2.03. The predicted octanol–water partition coefficient (Wildman–Crippen LogP) is 1.61. The molecule has 7 heteroatoms. The van der Waals surface area contributed by atoms with E-state index in [2.05, 4.69) is 34.3 Å². The van der Waals surface area contributed by atoms with Crippen molar-refractivity contribution in [2.75, 3.05) is 13.1 Å². The Bertz CT molecular complexity index is 401. The molecule has 102 valence electrons. The largest absolute Gasteiger partial charge is 0.435 e. The van der Waals surface area contributed by atoms with Crippen LogP contribution in [-0.2, 0) is 12.7 Å². The average Bonchev–Trinajstić information content (AvgIpc) is 2.73. The first kappa shape index (κ1) is 13.4. The van der Waals surface area contributed by atoms with Crippen molar-refractivity contribution < 1.29 is 13.2 Å². The number of aromatic nitrogens is 2. The van der Waals surface area contributed by atoms with Crippen molar-refractivity contribution in [2.24, 2.45) is 0 Å². The summed E-state index contributed by atoms with van der Waals surface area (Å²) in [6, 6.07) is 1.71. The molecule has 0 spiro atoms. The smallest absolute Gasteiger partial charge is 0.311 e. The van der Waals surface area contributed by atoms with Crippen molar-refractivity contribution in [2.45, 2.75) is 38.7 Å². The Morgan fingerprint density at radius 2 is 2.17 bits per heavy atom. The Kier molecular flexibility index (Phi) is 3.63. The summed E-state index contributed by atoms with van der Waals surface area (Å²) in [4.78, 5) is 2.15. The minimum Gasteiger partial charge on any atom is -0.311 e. The van der Waals surface area contributed by atoms with E-state index in [0.29, 0.717) is 18.3 Å². The molecular formula is C11H17F3N4. The quantitative estimate of drug-likeness (QED) is 0.851. The molecule has 18 heavy (non-hydrogen) atoms. The molecule has 1 aliphatic heterocycles. The van der Waals surface area contributed by atoms with Crippen LogP contribution in [0.1, 0.15) is 25.2 Å². The van der Waals surface area contributed by atoms with Gasteiger partial charge in [0.25, 0.3) is 0 Å². The van der Waals surface area contributed by atoms with Crippen molar-refractivity contribution in [3.05, 3.63) is 17.5 Å². The van der Waals surface area contributed by atoms with Gasteiger partial charge in [0.2, 0.25) is 0 Å². The Morgan fingerprint density at radius 1 is 1.44 bits per heavy atom. The first-order valence-electron chi connectivity index (χ1n) is 5.97. The molecule has 2 unspecified atom stereocenters. The van der Waals surface area contributed by atoms with Crippen LogP contribution in [0.3, 0.4) is 0 Å². The van der Waals surface area contributed by atoms with E-state index in [1.54, 1.807) is 0 Å². The highest BCUT2D eigenvalue weighted by atomic mass is 19.4. The van der Waals surface area contributed by atoms with Crippen molar-refractivity contribution >= 4 is 0 Å². The number of hydrogen-bond acceptors (Lipinski definition) is 3. The topological polar surface area (TPSA) is 44.0 Å². The third-order valence-corrected chi connectivity index (χ3v) is 3.46. The molecule has 0 aliphatic carbocycles. The summed E-state index contributed by atoms with van der Waals surface area (Å²) >= 11 is 0. The number of H-pyrrole nitrogens is 1.